The van der Waals surface area contributed by atoms with Crippen LogP contribution in [0, 0.1) is 11.6 Å². The summed E-state index contributed by atoms with van der Waals surface area (Å²) in [6.07, 6.45) is 1.68. The predicted octanol–water partition coefficient (Wildman–Crippen LogP) is 3.03. The third kappa shape index (κ3) is 5.80. The second kappa shape index (κ2) is 10.3. The summed E-state index contributed by atoms with van der Waals surface area (Å²) >= 11 is 1.21. The topological polar surface area (TPSA) is 90.5 Å². The minimum absolute atomic E-state index is 0.0643. The number of carbonyl (C=O) groups is 2. The maximum atomic E-state index is 13.7. The van der Waals surface area contributed by atoms with Gasteiger partial charge in [-0.3, -0.25) is 10.1 Å². The molecule has 1 saturated heterocycles. The zero-order valence-electron chi connectivity index (χ0n) is 17.6. The fourth-order valence-electron chi connectivity index (χ4n) is 3.41. The maximum absolute atomic E-state index is 13.7. The summed E-state index contributed by atoms with van der Waals surface area (Å²) < 4.78 is 27.3. The molecule has 0 aliphatic carbocycles. The Morgan fingerprint density at radius 3 is 2.48 bits per heavy atom. The SMILES string of the molecule is O=C(Cc1csc(NC(=O)N2CCN(c3ccccn3)CC2)n1)NCc1c(F)cccc1F. The largest absolute Gasteiger partial charge is 0.353 e. The standard InChI is InChI=1S/C22H22F2N6O2S/c23-17-4-3-5-18(24)16(17)13-26-20(31)12-15-14-33-21(27-15)28-22(32)30-10-8-29(9-11-30)19-6-1-2-7-25-19/h1-7,14H,8-13H2,(H,26,31)(H,27,28,32). The monoisotopic (exact) mass is 472 g/mol. The van der Waals surface area contributed by atoms with Gasteiger partial charge in [-0.25, -0.2) is 23.5 Å². The first-order chi connectivity index (χ1) is 16.0. The molecule has 0 unspecified atom stereocenters. The fourth-order valence-corrected chi connectivity index (χ4v) is 4.11. The van der Waals surface area contributed by atoms with Crippen LogP contribution in [0.5, 0.6) is 0 Å². The minimum atomic E-state index is -0.713. The molecular weight excluding hydrogens is 450 g/mol. The molecule has 0 spiro atoms. The molecule has 2 aromatic heterocycles. The number of thiazole rings is 1. The van der Waals surface area contributed by atoms with Gasteiger partial charge in [-0.05, 0) is 24.3 Å². The molecule has 2 N–H and O–H groups in total. The first-order valence-electron chi connectivity index (χ1n) is 10.4. The van der Waals surface area contributed by atoms with E-state index in [1.807, 2.05) is 18.2 Å². The highest BCUT2D eigenvalue weighted by Crippen LogP contribution is 2.18. The van der Waals surface area contributed by atoms with Gasteiger partial charge in [-0.15, -0.1) is 11.3 Å². The molecule has 3 amide bonds. The Balaban J connectivity index is 1.24. The highest BCUT2D eigenvalue weighted by molar-refractivity contribution is 7.13. The number of benzene rings is 1. The third-order valence-corrected chi connectivity index (χ3v) is 5.98. The lowest BCUT2D eigenvalue weighted by Gasteiger charge is -2.35. The van der Waals surface area contributed by atoms with Crippen molar-refractivity contribution in [3.05, 3.63) is 70.9 Å². The van der Waals surface area contributed by atoms with E-state index >= 15 is 0 Å². The zero-order valence-corrected chi connectivity index (χ0v) is 18.4. The summed E-state index contributed by atoms with van der Waals surface area (Å²) in [6.45, 7) is 2.20. The van der Waals surface area contributed by atoms with E-state index < -0.39 is 17.5 Å². The second-order valence-electron chi connectivity index (χ2n) is 7.39. The van der Waals surface area contributed by atoms with Crippen LogP contribution in [0.2, 0.25) is 0 Å². The minimum Gasteiger partial charge on any atom is -0.353 e. The Morgan fingerprint density at radius 2 is 1.79 bits per heavy atom. The number of rotatable bonds is 6. The van der Waals surface area contributed by atoms with Crippen molar-refractivity contribution in [3.8, 4) is 0 Å². The number of amides is 3. The Hall–Kier alpha value is -3.60. The summed E-state index contributed by atoms with van der Waals surface area (Å²) in [5.41, 5.74) is 0.266. The van der Waals surface area contributed by atoms with Gasteiger partial charge in [0, 0.05) is 49.9 Å². The van der Waals surface area contributed by atoms with Crippen LogP contribution in [0.25, 0.3) is 0 Å². The van der Waals surface area contributed by atoms with Crippen molar-refractivity contribution >= 4 is 34.2 Å². The molecular formula is C22H22F2N6O2S. The summed E-state index contributed by atoms with van der Waals surface area (Å²) in [5, 5.41) is 7.30. The van der Waals surface area contributed by atoms with Gasteiger partial charge in [0.25, 0.3) is 0 Å². The average molecular weight is 473 g/mol. The van der Waals surface area contributed by atoms with E-state index in [1.54, 1.807) is 16.5 Å². The fraction of sp³-hybridized carbons (Fsp3) is 0.273. The van der Waals surface area contributed by atoms with Crippen molar-refractivity contribution in [3.63, 3.8) is 0 Å². The number of carbonyl (C=O) groups excluding carboxylic acids is 2. The van der Waals surface area contributed by atoms with E-state index in [2.05, 4.69) is 25.5 Å². The highest BCUT2D eigenvalue weighted by Gasteiger charge is 2.22. The average Bonchev–Trinajstić information content (AvgIpc) is 3.26. The van der Waals surface area contributed by atoms with E-state index in [0.717, 1.165) is 18.0 Å². The van der Waals surface area contributed by atoms with Gasteiger partial charge in [0.05, 0.1) is 12.1 Å². The van der Waals surface area contributed by atoms with Crippen molar-refractivity contribution in [1.82, 2.24) is 20.2 Å². The molecule has 1 aromatic carbocycles. The van der Waals surface area contributed by atoms with Crippen LogP contribution in [0.3, 0.4) is 0 Å². The van der Waals surface area contributed by atoms with Crippen LogP contribution in [-0.4, -0.2) is 53.0 Å². The predicted molar refractivity (Wildman–Crippen MR) is 121 cm³/mol. The molecule has 3 aromatic rings. The lowest BCUT2D eigenvalue weighted by molar-refractivity contribution is -0.120. The summed E-state index contributed by atoms with van der Waals surface area (Å²) in [6, 6.07) is 9.02. The number of nitrogens with one attached hydrogen (secondary N) is 2. The second-order valence-corrected chi connectivity index (χ2v) is 8.25. The molecule has 0 saturated carbocycles. The highest BCUT2D eigenvalue weighted by atomic mass is 32.1. The molecule has 1 aliphatic rings. The number of nitrogens with zero attached hydrogens (tertiary/aromatic N) is 4. The number of anilines is 2. The molecule has 1 aliphatic heterocycles. The van der Waals surface area contributed by atoms with E-state index in [9.17, 15) is 18.4 Å². The Labute approximate surface area is 193 Å². The summed E-state index contributed by atoms with van der Waals surface area (Å²) in [4.78, 5) is 37.1. The molecule has 4 rings (SSSR count). The molecule has 3 heterocycles. The van der Waals surface area contributed by atoms with E-state index in [0.29, 0.717) is 37.0 Å². The van der Waals surface area contributed by atoms with Gasteiger partial charge in [0.1, 0.15) is 17.5 Å². The van der Waals surface area contributed by atoms with Gasteiger partial charge in [0.2, 0.25) is 5.91 Å². The van der Waals surface area contributed by atoms with Crippen LogP contribution in [0.4, 0.5) is 24.5 Å². The van der Waals surface area contributed by atoms with Crippen molar-refractivity contribution in [2.24, 2.45) is 0 Å². The number of urea groups is 1. The van der Waals surface area contributed by atoms with E-state index in [-0.39, 0.29) is 24.6 Å². The van der Waals surface area contributed by atoms with Crippen LogP contribution < -0.4 is 15.5 Å². The van der Waals surface area contributed by atoms with Gasteiger partial charge >= 0.3 is 6.03 Å². The smallest absolute Gasteiger partial charge is 0.323 e. The molecule has 0 atom stereocenters. The van der Waals surface area contributed by atoms with Gasteiger partial charge in [0.15, 0.2) is 5.13 Å². The quantitative estimate of drug-likeness (QED) is 0.576. The number of hydrogen-bond donors (Lipinski definition) is 2. The lowest BCUT2D eigenvalue weighted by atomic mass is 10.2. The number of piperazine rings is 1. The molecule has 1 fully saturated rings. The van der Waals surface area contributed by atoms with E-state index in [1.165, 1.54) is 17.4 Å². The first-order valence-corrected chi connectivity index (χ1v) is 11.2. The number of hydrogen-bond acceptors (Lipinski definition) is 6. The van der Waals surface area contributed by atoms with E-state index in [4.69, 9.17) is 0 Å². The van der Waals surface area contributed by atoms with Crippen LogP contribution >= 0.6 is 11.3 Å². The van der Waals surface area contributed by atoms with Gasteiger partial charge in [-0.1, -0.05) is 12.1 Å². The Bertz CT molecular complexity index is 1100. The zero-order chi connectivity index (χ0) is 23.2. The maximum Gasteiger partial charge on any atom is 0.323 e. The van der Waals surface area contributed by atoms with Crippen molar-refractivity contribution in [2.45, 2.75) is 13.0 Å². The van der Waals surface area contributed by atoms with Crippen LogP contribution in [0.1, 0.15) is 11.3 Å². The van der Waals surface area contributed by atoms with Crippen LogP contribution in [0.15, 0.2) is 48.0 Å². The normalized spacial score (nSPS) is 13.6. The molecule has 11 heteroatoms. The lowest BCUT2D eigenvalue weighted by Crippen LogP contribution is -2.50. The Morgan fingerprint density at radius 1 is 1.03 bits per heavy atom. The molecule has 172 valence electrons. The van der Waals surface area contributed by atoms with Gasteiger partial charge in [-0.2, -0.15) is 0 Å². The summed E-state index contributed by atoms with van der Waals surface area (Å²) in [7, 11) is 0. The molecule has 33 heavy (non-hydrogen) atoms. The first kappa shape index (κ1) is 22.6. The number of aromatic nitrogens is 2. The molecule has 0 radical (unpaired) electrons. The number of halogens is 2. The Kier molecular flexibility index (Phi) is 7.08. The van der Waals surface area contributed by atoms with Crippen LogP contribution in [-0.2, 0) is 17.8 Å². The third-order valence-electron chi connectivity index (χ3n) is 5.17. The van der Waals surface area contributed by atoms with Crippen molar-refractivity contribution < 1.29 is 18.4 Å². The molecule has 0 bridgehead atoms. The summed E-state index contributed by atoms with van der Waals surface area (Å²) in [5.74, 6) is -0.964. The molecule has 8 nitrogen and oxygen atoms in total. The number of pyridine rings is 1. The van der Waals surface area contributed by atoms with Gasteiger partial charge < -0.3 is 15.1 Å². The van der Waals surface area contributed by atoms with Crippen molar-refractivity contribution in [1.29, 1.82) is 0 Å². The van der Waals surface area contributed by atoms with Crippen molar-refractivity contribution in [2.75, 3.05) is 36.4 Å².